The average molecular weight is 602 g/mol. The molecule has 2 aromatic heterocycles. The number of rotatable bonds is 6. The summed E-state index contributed by atoms with van der Waals surface area (Å²) in [6.07, 6.45) is -0.238. The molecule has 38 heavy (non-hydrogen) atoms. The molecule has 200 valence electrons. The van der Waals surface area contributed by atoms with Gasteiger partial charge in [0.05, 0.1) is 20.7 Å². The zero-order chi connectivity index (χ0) is 27.0. The number of hydrogen-bond donors (Lipinski definition) is 0. The summed E-state index contributed by atoms with van der Waals surface area (Å²) in [5.41, 5.74) is 1.27. The van der Waals surface area contributed by atoms with Crippen molar-refractivity contribution in [3.05, 3.63) is 83.1 Å². The van der Waals surface area contributed by atoms with Gasteiger partial charge in [-0.2, -0.15) is 0 Å². The molecule has 2 aliphatic heterocycles. The minimum atomic E-state index is -2.71. The van der Waals surface area contributed by atoms with Crippen LogP contribution < -0.4 is 5.56 Å². The summed E-state index contributed by atoms with van der Waals surface area (Å²) in [6.45, 7) is 0.705. The number of piperidine rings is 1. The van der Waals surface area contributed by atoms with Gasteiger partial charge in [-0.25, -0.2) is 13.8 Å². The van der Waals surface area contributed by atoms with Gasteiger partial charge >= 0.3 is 0 Å². The first-order valence-electron chi connectivity index (χ1n) is 11.8. The Kier molecular flexibility index (Phi) is 8.04. The molecule has 0 N–H and O–H groups in total. The summed E-state index contributed by atoms with van der Waals surface area (Å²) in [5.74, 6) is -0.110. The number of carbonyl (C=O) groups is 1. The molecule has 0 saturated carbocycles. The standard InChI is InChI=1S/C25H21Cl3F2N4O3S/c26-15-7-16(27)23(17(28)8-15)20-9-18(32-37-20)19-12-38-25(31-19)13-3-5-33(6-4-13)22(36)11-34-10-14(24(29)30)1-2-21(34)35/h1-2,7-8,10,12-13,20,24H,3-6,9,11H2. The molecule has 1 amide bonds. The first kappa shape index (κ1) is 27.1. The predicted octanol–water partition coefficient (Wildman–Crippen LogP) is 6.47. The summed E-state index contributed by atoms with van der Waals surface area (Å²) < 4.78 is 27.0. The van der Waals surface area contributed by atoms with Crippen LogP contribution in [-0.2, 0) is 16.2 Å². The van der Waals surface area contributed by atoms with Crippen LogP contribution in [0.15, 0.2) is 45.8 Å². The van der Waals surface area contributed by atoms with E-state index in [4.69, 9.17) is 44.6 Å². The molecule has 0 radical (unpaired) electrons. The van der Waals surface area contributed by atoms with Crippen LogP contribution in [0.2, 0.25) is 15.1 Å². The fourth-order valence-corrected chi connectivity index (χ4v) is 6.64. The molecule has 1 unspecified atom stereocenters. The van der Waals surface area contributed by atoms with Crippen LogP contribution in [0.4, 0.5) is 8.78 Å². The Morgan fingerprint density at radius 2 is 1.87 bits per heavy atom. The van der Waals surface area contributed by atoms with Crippen LogP contribution in [0.1, 0.15) is 59.5 Å². The molecule has 0 spiro atoms. The maximum atomic E-state index is 13.0. The number of likely N-dealkylation sites (tertiary alicyclic amines) is 1. The molecule has 7 nitrogen and oxygen atoms in total. The Morgan fingerprint density at radius 3 is 2.55 bits per heavy atom. The third-order valence-electron chi connectivity index (χ3n) is 6.61. The normalized spacial score (nSPS) is 18.1. The number of halogens is 5. The van der Waals surface area contributed by atoms with E-state index in [-0.39, 0.29) is 23.9 Å². The van der Waals surface area contributed by atoms with Gasteiger partial charge < -0.3 is 14.3 Å². The molecule has 13 heteroatoms. The largest absolute Gasteiger partial charge is 0.387 e. The second-order valence-electron chi connectivity index (χ2n) is 9.07. The third kappa shape index (κ3) is 5.73. The fraction of sp³-hybridized carbons (Fsp3) is 0.360. The first-order valence-corrected chi connectivity index (χ1v) is 13.8. The molecule has 0 bridgehead atoms. The van der Waals surface area contributed by atoms with Gasteiger partial charge in [0.2, 0.25) is 5.91 Å². The van der Waals surface area contributed by atoms with E-state index in [0.29, 0.717) is 58.7 Å². The predicted molar refractivity (Wildman–Crippen MR) is 143 cm³/mol. The summed E-state index contributed by atoms with van der Waals surface area (Å²) in [4.78, 5) is 36.8. The second kappa shape index (κ2) is 11.3. The quantitative estimate of drug-likeness (QED) is 0.324. The van der Waals surface area contributed by atoms with E-state index < -0.39 is 18.1 Å². The smallest absolute Gasteiger partial charge is 0.265 e. The van der Waals surface area contributed by atoms with Gasteiger partial charge in [0.25, 0.3) is 12.0 Å². The Balaban J connectivity index is 1.18. The van der Waals surface area contributed by atoms with E-state index in [0.717, 1.165) is 33.6 Å². The number of alkyl halides is 2. The van der Waals surface area contributed by atoms with Gasteiger partial charge in [-0.1, -0.05) is 40.0 Å². The molecular weight excluding hydrogens is 581 g/mol. The fourth-order valence-electron chi connectivity index (χ4n) is 4.58. The van der Waals surface area contributed by atoms with Crippen molar-refractivity contribution in [2.75, 3.05) is 13.1 Å². The topological polar surface area (TPSA) is 76.8 Å². The molecule has 2 aliphatic rings. The van der Waals surface area contributed by atoms with E-state index in [1.165, 1.54) is 11.3 Å². The van der Waals surface area contributed by atoms with Crippen LogP contribution in [0, 0.1) is 0 Å². The maximum Gasteiger partial charge on any atom is 0.265 e. The number of benzene rings is 1. The van der Waals surface area contributed by atoms with Crippen LogP contribution in [0.25, 0.3) is 0 Å². The van der Waals surface area contributed by atoms with Crippen LogP contribution in [0.3, 0.4) is 0 Å². The number of hydrogen-bond acceptors (Lipinski definition) is 6. The number of oxime groups is 1. The minimum absolute atomic E-state index is 0.168. The molecule has 4 heterocycles. The lowest BCUT2D eigenvalue weighted by Crippen LogP contribution is -2.41. The van der Waals surface area contributed by atoms with Gasteiger partial charge in [-0.05, 0) is 31.0 Å². The highest BCUT2D eigenvalue weighted by Gasteiger charge is 2.31. The first-order chi connectivity index (χ1) is 18.2. The number of amides is 1. The van der Waals surface area contributed by atoms with Crippen molar-refractivity contribution < 1.29 is 18.4 Å². The monoisotopic (exact) mass is 600 g/mol. The van der Waals surface area contributed by atoms with E-state index in [1.807, 2.05) is 5.38 Å². The Bertz CT molecular complexity index is 1430. The highest BCUT2D eigenvalue weighted by molar-refractivity contribution is 7.10. The lowest BCUT2D eigenvalue weighted by molar-refractivity contribution is -0.133. The Morgan fingerprint density at radius 1 is 1.16 bits per heavy atom. The van der Waals surface area contributed by atoms with E-state index in [9.17, 15) is 18.4 Å². The van der Waals surface area contributed by atoms with Crippen molar-refractivity contribution in [3.8, 4) is 0 Å². The molecule has 1 aromatic carbocycles. The third-order valence-corrected chi connectivity index (χ3v) is 8.46. The molecule has 1 saturated heterocycles. The lowest BCUT2D eigenvalue weighted by Gasteiger charge is -2.31. The van der Waals surface area contributed by atoms with Crippen LogP contribution >= 0.6 is 46.1 Å². The van der Waals surface area contributed by atoms with Crippen LogP contribution in [-0.4, -0.2) is 39.2 Å². The lowest BCUT2D eigenvalue weighted by atomic mass is 9.97. The summed E-state index contributed by atoms with van der Waals surface area (Å²) in [5, 5.41) is 8.36. The second-order valence-corrected chi connectivity index (χ2v) is 11.2. The number of aromatic nitrogens is 2. The number of pyridine rings is 1. The maximum absolute atomic E-state index is 13.0. The van der Waals surface area contributed by atoms with Crippen molar-refractivity contribution in [2.24, 2.45) is 5.16 Å². The van der Waals surface area contributed by atoms with Gasteiger partial charge in [-0.15, -0.1) is 11.3 Å². The SMILES string of the molecule is O=C(Cn1cc(C(F)F)ccc1=O)N1CCC(c2nc(C3=NOC(c4c(Cl)cc(Cl)cc4Cl)C3)cs2)CC1. The number of thiazole rings is 1. The molecular formula is C25H21Cl3F2N4O3S. The van der Waals surface area contributed by atoms with E-state index in [2.05, 4.69) is 5.16 Å². The molecule has 0 aliphatic carbocycles. The summed E-state index contributed by atoms with van der Waals surface area (Å²) in [6, 6.07) is 5.36. The highest BCUT2D eigenvalue weighted by Crippen LogP contribution is 2.40. The van der Waals surface area contributed by atoms with E-state index in [1.54, 1.807) is 17.0 Å². The molecule has 1 atom stereocenters. The van der Waals surface area contributed by atoms with Gasteiger partial charge in [0, 0.05) is 59.2 Å². The van der Waals surface area contributed by atoms with Crippen molar-refractivity contribution in [2.45, 2.75) is 44.3 Å². The van der Waals surface area contributed by atoms with Crippen molar-refractivity contribution >= 4 is 57.8 Å². The number of carbonyl (C=O) groups excluding carboxylic acids is 1. The zero-order valence-electron chi connectivity index (χ0n) is 19.8. The summed E-state index contributed by atoms with van der Waals surface area (Å²) in [7, 11) is 0. The molecule has 1 fully saturated rings. The van der Waals surface area contributed by atoms with Crippen LogP contribution in [0.5, 0.6) is 0 Å². The van der Waals surface area contributed by atoms with E-state index >= 15 is 0 Å². The molecule has 5 rings (SSSR count). The van der Waals surface area contributed by atoms with Crippen molar-refractivity contribution in [1.29, 1.82) is 0 Å². The Labute approximate surface area is 235 Å². The van der Waals surface area contributed by atoms with Crippen molar-refractivity contribution in [3.63, 3.8) is 0 Å². The zero-order valence-corrected chi connectivity index (χ0v) is 22.8. The van der Waals surface area contributed by atoms with Gasteiger partial charge in [-0.3, -0.25) is 9.59 Å². The average Bonchev–Trinajstić information content (AvgIpc) is 3.55. The van der Waals surface area contributed by atoms with Gasteiger partial charge in [0.1, 0.15) is 12.3 Å². The minimum Gasteiger partial charge on any atom is -0.387 e. The van der Waals surface area contributed by atoms with Gasteiger partial charge in [0.15, 0.2) is 6.10 Å². The Hall–Kier alpha value is -2.53. The number of nitrogens with zero attached hydrogens (tertiary/aromatic N) is 4. The highest BCUT2D eigenvalue weighted by atomic mass is 35.5. The molecule has 3 aromatic rings. The van der Waals surface area contributed by atoms with Crippen molar-refractivity contribution in [1.82, 2.24) is 14.5 Å². The summed E-state index contributed by atoms with van der Waals surface area (Å²) >= 11 is 20.2.